The maximum Gasteiger partial charge on any atom is 0.268 e. The van der Waals surface area contributed by atoms with E-state index in [1.54, 1.807) is 6.08 Å². The number of aliphatic hydroxyl groups excluding tert-OH is 1. The van der Waals surface area contributed by atoms with Crippen molar-refractivity contribution in [1.82, 2.24) is 5.32 Å². The molecule has 0 aromatic rings. The Bertz CT molecular complexity index is 1210. The molecule has 0 aliphatic heterocycles. The number of phosphoric ester groups is 1. The topological polar surface area (TPSA) is 108 Å². The van der Waals surface area contributed by atoms with Crippen LogP contribution in [0.15, 0.2) is 24.3 Å². The van der Waals surface area contributed by atoms with Gasteiger partial charge in [-0.2, -0.15) is 0 Å². The highest BCUT2D eigenvalue weighted by molar-refractivity contribution is 7.45. The van der Waals surface area contributed by atoms with Gasteiger partial charge in [0.2, 0.25) is 5.91 Å². The molecule has 0 aliphatic rings. The van der Waals surface area contributed by atoms with Crippen molar-refractivity contribution in [2.24, 2.45) is 0 Å². The predicted octanol–water partition coefficient (Wildman–Crippen LogP) is 18.5. The molecule has 1 amide bonds. The van der Waals surface area contributed by atoms with Crippen LogP contribution in [-0.2, 0) is 18.4 Å². The number of nitrogens with zero attached hydrogens (tertiary/aromatic N) is 1. The second-order valence-electron chi connectivity index (χ2n) is 22.8. The lowest BCUT2D eigenvalue weighted by atomic mass is 10.0. The van der Waals surface area contributed by atoms with Crippen LogP contribution in [0.3, 0.4) is 0 Å². The summed E-state index contributed by atoms with van der Waals surface area (Å²) in [4.78, 5) is 25.5. The maximum absolute atomic E-state index is 13.0. The number of carbonyl (C=O) groups is 1. The maximum atomic E-state index is 13.0. The highest BCUT2D eigenvalue weighted by Gasteiger charge is 2.23. The zero-order valence-electron chi connectivity index (χ0n) is 48.2. The van der Waals surface area contributed by atoms with E-state index in [9.17, 15) is 19.4 Å². The SMILES string of the molecule is CCCCCCCCCCCCCCCCCC/C=C/CC/C=C/C(O)C(COP(=O)([O-])OCC[N+](C)(C)C)NC(=O)CCCCCCCCCCCCCCCCCCCCCCCCCCCCC. The third-order valence-corrected chi connectivity index (χ3v) is 15.4. The van der Waals surface area contributed by atoms with E-state index in [1.807, 2.05) is 27.2 Å². The number of phosphoric acid groups is 1. The number of hydrogen-bond acceptors (Lipinski definition) is 6. The molecule has 0 heterocycles. The fourth-order valence-electron chi connectivity index (χ4n) is 9.53. The first-order valence-electron chi connectivity index (χ1n) is 31.2. The highest BCUT2D eigenvalue weighted by atomic mass is 31.2. The standard InChI is InChI=1S/C62H123N2O6P/c1-6-8-10-12-14-16-18-20-22-24-26-28-30-31-32-33-34-36-38-40-42-44-46-48-50-52-54-56-62(66)63-60(59-70-71(67,68)69-58-57-64(3,4)5)61(65)55-53-51-49-47-45-43-41-39-37-35-29-27-25-23-21-19-17-15-13-11-9-7-2/h45,47,53,55,60-61,65H,6-44,46,48-52,54,56-59H2,1-5H3,(H-,63,66,67,68)/b47-45+,55-53+. The molecule has 0 radical (unpaired) electrons. The fourth-order valence-corrected chi connectivity index (χ4v) is 10.2. The third-order valence-electron chi connectivity index (χ3n) is 14.4. The highest BCUT2D eigenvalue weighted by Crippen LogP contribution is 2.38. The number of allylic oxidation sites excluding steroid dienone is 3. The van der Waals surface area contributed by atoms with E-state index in [4.69, 9.17) is 9.05 Å². The van der Waals surface area contributed by atoms with Crippen molar-refractivity contribution in [3.63, 3.8) is 0 Å². The number of aliphatic hydroxyl groups is 1. The Labute approximate surface area is 443 Å². The van der Waals surface area contributed by atoms with Crippen molar-refractivity contribution >= 4 is 13.7 Å². The molecule has 0 aliphatic carbocycles. The van der Waals surface area contributed by atoms with Gasteiger partial charge in [0, 0.05) is 6.42 Å². The minimum atomic E-state index is -4.60. The second-order valence-corrected chi connectivity index (χ2v) is 24.2. The number of unbranched alkanes of at least 4 members (excludes halogenated alkanes) is 43. The van der Waals surface area contributed by atoms with Crippen LogP contribution in [0.2, 0.25) is 0 Å². The van der Waals surface area contributed by atoms with Crippen LogP contribution in [-0.4, -0.2) is 68.5 Å². The summed E-state index contributed by atoms with van der Waals surface area (Å²) in [5.41, 5.74) is 0. The molecular weight excluding hydrogens is 900 g/mol. The molecule has 0 saturated heterocycles. The molecule has 8 nitrogen and oxygen atoms in total. The number of rotatable bonds is 58. The van der Waals surface area contributed by atoms with Crippen LogP contribution >= 0.6 is 7.82 Å². The molecule has 0 aromatic heterocycles. The Morgan fingerprint density at radius 1 is 0.479 bits per heavy atom. The molecule has 3 unspecified atom stereocenters. The van der Waals surface area contributed by atoms with E-state index in [0.717, 1.165) is 38.5 Å². The monoisotopic (exact) mass is 1020 g/mol. The lowest BCUT2D eigenvalue weighted by Crippen LogP contribution is -2.45. The van der Waals surface area contributed by atoms with E-state index in [0.29, 0.717) is 17.4 Å². The predicted molar refractivity (Wildman–Crippen MR) is 307 cm³/mol. The van der Waals surface area contributed by atoms with Gasteiger partial charge in [0.05, 0.1) is 39.9 Å². The van der Waals surface area contributed by atoms with E-state index >= 15 is 0 Å². The smallest absolute Gasteiger partial charge is 0.268 e. The van der Waals surface area contributed by atoms with Crippen LogP contribution in [0.4, 0.5) is 0 Å². The molecule has 71 heavy (non-hydrogen) atoms. The number of quaternary nitrogens is 1. The van der Waals surface area contributed by atoms with Crippen LogP contribution < -0.4 is 10.2 Å². The molecule has 0 spiro atoms. The molecule has 422 valence electrons. The van der Waals surface area contributed by atoms with Crippen LogP contribution in [0, 0.1) is 0 Å². The van der Waals surface area contributed by atoms with Crippen molar-refractivity contribution in [2.75, 3.05) is 40.9 Å². The van der Waals surface area contributed by atoms with Crippen LogP contribution in [0.5, 0.6) is 0 Å². The van der Waals surface area contributed by atoms with Gasteiger partial charge in [0.1, 0.15) is 13.2 Å². The summed E-state index contributed by atoms with van der Waals surface area (Å²) in [5.74, 6) is -0.200. The van der Waals surface area contributed by atoms with Gasteiger partial charge in [0.25, 0.3) is 7.82 Å². The van der Waals surface area contributed by atoms with Crippen molar-refractivity contribution < 1.29 is 32.9 Å². The molecule has 0 saturated carbocycles. The lowest BCUT2D eigenvalue weighted by Gasteiger charge is -2.29. The van der Waals surface area contributed by atoms with Crippen molar-refractivity contribution in [2.45, 2.75) is 328 Å². The summed E-state index contributed by atoms with van der Waals surface area (Å²) >= 11 is 0. The van der Waals surface area contributed by atoms with E-state index in [2.05, 4.69) is 31.3 Å². The van der Waals surface area contributed by atoms with E-state index < -0.39 is 20.0 Å². The first kappa shape index (κ1) is 70.0. The van der Waals surface area contributed by atoms with Gasteiger partial charge in [-0.15, -0.1) is 0 Å². The van der Waals surface area contributed by atoms with E-state index in [-0.39, 0.29) is 19.1 Å². The Morgan fingerprint density at radius 3 is 1.14 bits per heavy atom. The zero-order chi connectivity index (χ0) is 52.0. The number of hydrogen-bond donors (Lipinski definition) is 2. The summed E-state index contributed by atoms with van der Waals surface area (Å²) in [7, 11) is 1.26. The zero-order valence-corrected chi connectivity index (χ0v) is 49.1. The quantitative estimate of drug-likeness (QED) is 0.0272. The lowest BCUT2D eigenvalue weighted by molar-refractivity contribution is -0.870. The largest absolute Gasteiger partial charge is 0.756 e. The molecule has 0 aromatic carbocycles. The van der Waals surface area contributed by atoms with Crippen molar-refractivity contribution in [3.8, 4) is 0 Å². The van der Waals surface area contributed by atoms with Gasteiger partial charge >= 0.3 is 0 Å². The van der Waals surface area contributed by atoms with Gasteiger partial charge in [-0.25, -0.2) is 0 Å². The van der Waals surface area contributed by atoms with Gasteiger partial charge < -0.3 is 28.8 Å². The fraction of sp³-hybridized carbons (Fsp3) is 0.919. The Balaban J connectivity index is 4.14. The second kappa shape index (κ2) is 53.8. The first-order chi connectivity index (χ1) is 34.5. The number of nitrogens with one attached hydrogen (secondary N) is 1. The molecule has 2 N–H and O–H groups in total. The molecule has 3 atom stereocenters. The Morgan fingerprint density at radius 2 is 0.789 bits per heavy atom. The molecule has 0 rings (SSSR count). The van der Waals surface area contributed by atoms with Gasteiger partial charge in [-0.05, 0) is 32.1 Å². The number of carbonyl (C=O) groups excluding carboxylic acids is 1. The van der Waals surface area contributed by atoms with Crippen molar-refractivity contribution in [1.29, 1.82) is 0 Å². The first-order valence-corrected chi connectivity index (χ1v) is 32.7. The van der Waals surface area contributed by atoms with Crippen LogP contribution in [0.25, 0.3) is 0 Å². The molecule has 0 fully saturated rings. The number of likely N-dealkylation sites (N-methyl/N-ethyl adjacent to an activating group) is 1. The van der Waals surface area contributed by atoms with Gasteiger partial charge in [-0.3, -0.25) is 9.36 Å². The van der Waals surface area contributed by atoms with E-state index in [1.165, 1.54) is 257 Å². The summed E-state index contributed by atoms with van der Waals surface area (Å²) in [6, 6.07) is -0.901. The minimum Gasteiger partial charge on any atom is -0.756 e. The van der Waals surface area contributed by atoms with Crippen LogP contribution in [0.1, 0.15) is 316 Å². The average molecular weight is 1020 g/mol. The number of amides is 1. The summed E-state index contributed by atoms with van der Waals surface area (Å²) in [6.07, 6.45) is 68.5. The summed E-state index contributed by atoms with van der Waals surface area (Å²) in [5, 5.41) is 13.9. The normalized spacial score (nSPS) is 14.0. The Hall–Kier alpha value is -1.02. The van der Waals surface area contributed by atoms with Crippen molar-refractivity contribution in [3.05, 3.63) is 24.3 Å². The summed E-state index contributed by atoms with van der Waals surface area (Å²) < 4.78 is 23.4. The van der Waals surface area contributed by atoms with Gasteiger partial charge in [0.15, 0.2) is 0 Å². The molecule has 0 bridgehead atoms. The van der Waals surface area contributed by atoms with Gasteiger partial charge in [-0.1, -0.05) is 301 Å². The molecular formula is C62H123N2O6P. The summed E-state index contributed by atoms with van der Waals surface area (Å²) in [6.45, 7) is 4.68. The minimum absolute atomic E-state index is 0.00359. The Kier molecular flexibility index (Phi) is 53.0. The molecule has 9 heteroatoms. The third kappa shape index (κ3) is 56.5. The average Bonchev–Trinajstić information content (AvgIpc) is 3.33.